The predicted octanol–water partition coefficient (Wildman–Crippen LogP) is 4.85. The second-order valence-corrected chi connectivity index (χ2v) is 5.93. The third kappa shape index (κ3) is 2.03. The molecule has 16 heavy (non-hydrogen) atoms. The van der Waals surface area contributed by atoms with Crippen LogP contribution in [0.25, 0.3) is 10.9 Å². The maximum absolute atomic E-state index is 3.62. The Bertz CT molecular complexity index is 502. The summed E-state index contributed by atoms with van der Waals surface area (Å²) >= 11 is 5.50. The summed E-state index contributed by atoms with van der Waals surface area (Å²) in [5.74, 6) is 1.07. The van der Waals surface area contributed by atoms with Gasteiger partial charge in [-0.25, -0.2) is 0 Å². The topological polar surface area (TPSA) is 4.93 Å². The fraction of sp³-hybridized carbons (Fsp3) is 0.385. The Hall–Kier alpha value is -0.410. The number of rotatable bonds is 3. The summed E-state index contributed by atoms with van der Waals surface area (Å²) in [4.78, 5) is 0. The Labute approximate surface area is 109 Å². The van der Waals surface area contributed by atoms with E-state index in [1.807, 2.05) is 11.8 Å². The number of nitrogens with zero attached hydrogens (tertiary/aromatic N) is 1. The number of aromatic nitrogens is 1. The first-order valence-corrected chi connectivity index (χ1v) is 7.61. The molecule has 2 rings (SSSR count). The number of hydrogen-bond acceptors (Lipinski definition) is 1. The van der Waals surface area contributed by atoms with Gasteiger partial charge in [-0.3, -0.25) is 0 Å². The highest BCUT2D eigenvalue weighted by molar-refractivity contribution is 9.10. The van der Waals surface area contributed by atoms with Gasteiger partial charge in [-0.2, -0.15) is 11.8 Å². The molecule has 1 nitrogen and oxygen atoms in total. The first kappa shape index (κ1) is 12.1. The van der Waals surface area contributed by atoms with Gasteiger partial charge in [-0.15, -0.1) is 0 Å². The predicted molar refractivity (Wildman–Crippen MR) is 77.2 cm³/mol. The Kier molecular flexibility index (Phi) is 3.65. The van der Waals surface area contributed by atoms with E-state index in [0.717, 1.165) is 5.75 Å². The molecule has 2 aromatic rings. The summed E-state index contributed by atoms with van der Waals surface area (Å²) in [5.41, 5.74) is 2.73. The Morgan fingerprint density at radius 2 is 2.12 bits per heavy atom. The zero-order chi connectivity index (χ0) is 11.7. The van der Waals surface area contributed by atoms with Gasteiger partial charge in [-0.1, -0.05) is 22.0 Å². The van der Waals surface area contributed by atoms with E-state index in [1.165, 1.54) is 21.1 Å². The van der Waals surface area contributed by atoms with E-state index in [1.54, 1.807) is 0 Å². The van der Waals surface area contributed by atoms with Crippen LogP contribution in [-0.4, -0.2) is 10.8 Å². The summed E-state index contributed by atoms with van der Waals surface area (Å²) in [6.07, 6.45) is 2.15. The van der Waals surface area contributed by atoms with Gasteiger partial charge in [0.2, 0.25) is 0 Å². The van der Waals surface area contributed by atoms with Gasteiger partial charge in [0.05, 0.1) is 0 Å². The molecule has 0 aliphatic carbocycles. The van der Waals surface area contributed by atoms with Gasteiger partial charge in [0.1, 0.15) is 0 Å². The highest BCUT2D eigenvalue weighted by Crippen LogP contribution is 2.31. The molecule has 1 aromatic carbocycles. The number of fused-ring (bicyclic) bond motifs is 1. The van der Waals surface area contributed by atoms with E-state index < -0.39 is 0 Å². The van der Waals surface area contributed by atoms with E-state index in [0.29, 0.717) is 6.04 Å². The number of halogens is 1. The third-order valence-corrected chi connectivity index (χ3v) is 3.99. The van der Waals surface area contributed by atoms with Crippen LogP contribution in [0.2, 0.25) is 0 Å². The van der Waals surface area contributed by atoms with Gasteiger partial charge in [-0.05, 0) is 38.3 Å². The lowest BCUT2D eigenvalue weighted by molar-refractivity contribution is 0.606. The van der Waals surface area contributed by atoms with E-state index in [4.69, 9.17) is 0 Å². The van der Waals surface area contributed by atoms with Crippen LogP contribution in [0.3, 0.4) is 0 Å². The molecule has 0 N–H and O–H groups in total. The van der Waals surface area contributed by atoms with Gasteiger partial charge < -0.3 is 4.57 Å². The molecular formula is C13H16BrNS. The lowest BCUT2D eigenvalue weighted by Crippen LogP contribution is -2.04. The first-order valence-electron chi connectivity index (χ1n) is 5.42. The van der Waals surface area contributed by atoms with E-state index in [9.17, 15) is 0 Å². The second kappa shape index (κ2) is 4.84. The Balaban J connectivity index is 2.70. The molecule has 0 aliphatic heterocycles. The van der Waals surface area contributed by atoms with E-state index >= 15 is 0 Å². The molecule has 0 spiro atoms. The monoisotopic (exact) mass is 297 g/mol. The fourth-order valence-electron chi connectivity index (χ4n) is 2.14. The molecule has 3 heteroatoms. The molecule has 0 bridgehead atoms. The number of benzene rings is 1. The molecule has 1 aromatic heterocycles. The summed E-state index contributed by atoms with van der Waals surface area (Å²) in [6, 6.07) is 9.22. The van der Waals surface area contributed by atoms with Crippen molar-refractivity contribution in [1.29, 1.82) is 0 Å². The molecule has 1 heterocycles. The minimum atomic E-state index is 0.508. The minimum absolute atomic E-state index is 0.508. The summed E-state index contributed by atoms with van der Waals surface area (Å²) in [5, 5.41) is 1.32. The van der Waals surface area contributed by atoms with Crippen molar-refractivity contribution >= 4 is 38.6 Å². The number of hydrogen-bond donors (Lipinski definition) is 0. The van der Waals surface area contributed by atoms with Crippen molar-refractivity contribution in [3.05, 3.63) is 34.4 Å². The van der Waals surface area contributed by atoms with Crippen molar-refractivity contribution < 1.29 is 0 Å². The second-order valence-electron chi connectivity index (χ2n) is 4.21. The summed E-state index contributed by atoms with van der Waals surface area (Å²) in [7, 11) is 0. The molecule has 0 atom stereocenters. The van der Waals surface area contributed by atoms with Crippen LogP contribution in [0.15, 0.2) is 28.7 Å². The highest BCUT2D eigenvalue weighted by atomic mass is 79.9. The zero-order valence-electron chi connectivity index (χ0n) is 9.83. The van der Waals surface area contributed by atoms with Crippen molar-refractivity contribution in [2.24, 2.45) is 0 Å². The van der Waals surface area contributed by atoms with Crippen LogP contribution in [0, 0.1) is 0 Å². The SMILES string of the molecule is CSCc1cc2c(Br)cccc2n1C(C)C. The van der Waals surface area contributed by atoms with Gasteiger partial charge in [0.15, 0.2) is 0 Å². The normalized spacial score (nSPS) is 11.6. The largest absolute Gasteiger partial charge is 0.341 e. The van der Waals surface area contributed by atoms with E-state index in [2.05, 4.69) is 64.9 Å². The van der Waals surface area contributed by atoms with Crippen LogP contribution in [-0.2, 0) is 5.75 Å². The third-order valence-electron chi connectivity index (χ3n) is 2.72. The van der Waals surface area contributed by atoms with Crippen molar-refractivity contribution in [3.8, 4) is 0 Å². The summed E-state index contributed by atoms with van der Waals surface area (Å²) < 4.78 is 3.61. The average molecular weight is 298 g/mol. The Morgan fingerprint density at radius 3 is 2.75 bits per heavy atom. The molecular weight excluding hydrogens is 282 g/mol. The van der Waals surface area contributed by atoms with Crippen molar-refractivity contribution in [3.63, 3.8) is 0 Å². The Morgan fingerprint density at radius 1 is 1.38 bits per heavy atom. The molecule has 0 amide bonds. The first-order chi connectivity index (χ1) is 7.65. The standard InChI is InChI=1S/C13H16BrNS/c1-9(2)15-10(8-16-3)7-11-12(14)5-4-6-13(11)15/h4-7,9H,8H2,1-3H3. The summed E-state index contributed by atoms with van der Waals surface area (Å²) in [6.45, 7) is 4.48. The van der Waals surface area contributed by atoms with Crippen LogP contribution in [0.4, 0.5) is 0 Å². The smallest absolute Gasteiger partial charge is 0.0496 e. The van der Waals surface area contributed by atoms with Gasteiger partial charge >= 0.3 is 0 Å². The molecule has 86 valence electrons. The van der Waals surface area contributed by atoms with E-state index in [-0.39, 0.29) is 0 Å². The lowest BCUT2D eigenvalue weighted by atomic mass is 10.2. The molecule has 0 radical (unpaired) electrons. The molecule has 0 aliphatic rings. The van der Waals surface area contributed by atoms with Gasteiger partial charge in [0.25, 0.3) is 0 Å². The van der Waals surface area contributed by atoms with Crippen LogP contribution in [0.5, 0.6) is 0 Å². The maximum Gasteiger partial charge on any atom is 0.0496 e. The van der Waals surface area contributed by atoms with Crippen molar-refractivity contribution in [2.45, 2.75) is 25.6 Å². The lowest BCUT2D eigenvalue weighted by Gasteiger charge is -2.14. The fourth-order valence-corrected chi connectivity index (χ4v) is 3.13. The van der Waals surface area contributed by atoms with Crippen LogP contribution < -0.4 is 0 Å². The number of thioether (sulfide) groups is 1. The molecule has 0 unspecified atom stereocenters. The van der Waals surface area contributed by atoms with Crippen LogP contribution >= 0.6 is 27.7 Å². The average Bonchev–Trinajstić information content (AvgIpc) is 2.58. The van der Waals surface area contributed by atoms with Gasteiger partial charge in [0, 0.05) is 32.9 Å². The molecule has 0 saturated heterocycles. The van der Waals surface area contributed by atoms with Crippen molar-refractivity contribution in [1.82, 2.24) is 4.57 Å². The zero-order valence-corrected chi connectivity index (χ0v) is 12.2. The minimum Gasteiger partial charge on any atom is -0.341 e. The highest BCUT2D eigenvalue weighted by Gasteiger charge is 2.12. The van der Waals surface area contributed by atoms with Crippen LogP contribution in [0.1, 0.15) is 25.6 Å². The molecule has 0 fully saturated rings. The quantitative estimate of drug-likeness (QED) is 0.784. The molecule has 0 saturated carbocycles. The maximum atomic E-state index is 3.62. The van der Waals surface area contributed by atoms with Crippen molar-refractivity contribution in [2.75, 3.05) is 6.26 Å².